The lowest BCUT2D eigenvalue weighted by atomic mass is 10.0. The van der Waals surface area contributed by atoms with Gasteiger partial charge >= 0.3 is 0 Å². The van der Waals surface area contributed by atoms with E-state index < -0.39 is 12.2 Å². The molecule has 1 rings (SSSR count). The van der Waals surface area contributed by atoms with Crippen molar-refractivity contribution in [1.82, 2.24) is 0 Å². The smallest absolute Gasteiger partial charge is 0.185 e. The van der Waals surface area contributed by atoms with Crippen molar-refractivity contribution < 1.29 is 19.7 Å². The predicted molar refractivity (Wildman–Crippen MR) is 74.8 cm³/mol. The van der Waals surface area contributed by atoms with Gasteiger partial charge in [0.25, 0.3) is 0 Å². The van der Waals surface area contributed by atoms with Crippen LogP contribution in [0, 0.1) is 0 Å². The van der Waals surface area contributed by atoms with E-state index in [2.05, 4.69) is 15.9 Å². The van der Waals surface area contributed by atoms with Crippen molar-refractivity contribution in [1.29, 1.82) is 0 Å². The van der Waals surface area contributed by atoms with Gasteiger partial charge in [0.1, 0.15) is 11.9 Å². The third-order valence-electron chi connectivity index (χ3n) is 2.34. The van der Waals surface area contributed by atoms with Gasteiger partial charge in [-0.05, 0) is 12.1 Å². The van der Waals surface area contributed by atoms with Crippen LogP contribution in [-0.4, -0.2) is 34.3 Å². The van der Waals surface area contributed by atoms with E-state index in [1.54, 1.807) is 18.2 Å². The van der Waals surface area contributed by atoms with Gasteiger partial charge in [-0.25, -0.2) is 0 Å². The van der Waals surface area contributed by atoms with E-state index in [0.29, 0.717) is 11.3 Å². The second-order valence-electron chi connectivity index (χ2n) is 3.70. The Morgan fingerprint density at radius 3 is 2.72 bits per heavy atom. The first-order chi connectivity index (χ1) is 8.45. The molecule has 0 spiro atoms. The fraction of sp³-hybridized carbons (Fsp3) is 0.417. The Bertz CT molecular complexity index is 425. The Labute approximate surface area is 118 Å². The first kappa shape index (κ1) is 15.5. The average Bonchev–Trinajstić information content (AvgIpc) is 2.34. The second kappa shape index (κ2) is 7.13. The molecule has 0 radical (unpaired) electrons. The van der Waals surface area contributed by atoms with Gasteiger partial charge in [-0.2, -0.15) is 0 Å². The van der Waals surface area contributed by atoms with Gasteiger partial charge < -0.3 is 14.9 Å². The minimum Gasteiger partial charge on any atom is -0.496 e. The Morgan fingerprint density at radius 1 is 1.50 bits per heavy atom. The van der Waals surface area contributed by atoms with Crippen molar-refractivity contribution >= 4 is 32.8 Å². The second-order valence-corrected chi connectivity index (χ2v) is 5.81. The van der Waals surface area contributed by atoms with E-state index in [4.69, 9.17) is 4.74 Å². The maximum atomic E-state index is 10.8. The van der Waals surface area contributed by atoms with Crippen molar-refractivity contribution in [2.24, 2.45) is 0 Å². The number of hydrogen-bond donors (Lipinski definition) is 2. The average molecular weight is 335 g/mol. The molecule has 2 N–H and O–H groups in total. The molecule has 0 saturated carbocycles. The quantitative estimate of drug-likeness (QED) is 0.863. The standard InChI is InChI=1S/C12H15BrO4S/c1-7(14)18-6-10(15)12(16)9-4-3-8(13)5-11(9)17-2/h3-5,10,12,15-16H,6H2,1-2H3. The van der Waals surface area contributed by atoms with E-state index in [9.17, 15) is 15.0 Å². The van der Waals surface area contributed by atoms with Crippen LogP contribution in [0.15, 0.2) is 22.7 Å². The number of halogens is 1. The monoisotopic (exact) mass is 334 g/mol. The number of methoxy groups -OCH3 is 1. The molecule has 0 aliphatic heterocycles. The van der Waals surface area contributed by atoms with Gasteiger partial charge in [0, 0.05) is 22.7 Å². The molecule has 18 heavy (non-hydrogen) atoms. The number of carbonyl (C=O) groups is 1. The van der Waals surface area contributed by atoms with E-state index in [1.165, 1.54) is 14.0 Å². The van der Waals surface area contributed by atoms with Crippen molar-refractivity contribution in [3.63, 3.8) is 0 Å². The number of aliphatic hydroxyl groups excluding tert-OH is 2. The third-order valence-corrected chi connectivity index (χ3v) is 3.74. The topological polar surface area (TPSA) is 66.8 Å². The Morgan fingerprint density at radius 2 is 2.17 bits per heavy atom. The summed E-state index contributed by atoms with van der Waals surface area (Å²) in [5, 5.41) is 19.8. The lowest BCUT2D eigenvalue weighted by Gasteiger charge is -2.19. The van der Waals surface area contributed by atoms with Crippen molar-refractivity contribution in [3.8, 4) is 5.75 Å². The summed E-state index contributed by atoms with van der Waals surface area (Å²) in [4.78, 5) is 10.8. The van der Waals surface area contributed by atoms with Gasteiger partial charge in [-0.15, -0.1) is 0 Å². The lowest BCUT2D eigenvalue weighted by molar-refractivity contribution is -0.109. The number of carbonyl (C=O) groups excluding carboxylic acids is 1. The Balaban J connectivity index is 2.82. The molecule has 0 aliphatic carbocycles. The number of aliphatic hydroxyl groups is 2. The summed E-state index contributed by atoms with van der Waals surface area (Å²) in [6.07, 6.45) is -2.10. The summed E-state index contributed by atoms with van der Waals surface area (Å²) in [6, 6.07) is 5.14. The molecular weight excluding hydrogens is 320 g/mol. The highest BCUT2D eigenvalue weighted by Gasteiger charge is 2.22. The molecule has 0 saturated heterocycles. The molecule has 0 aromatic heterocycles. The number of rotatable bonds is 5. The SMILES string of the molecule is COc1cc(Br)ccc1C(O)C(O)CSC(C)=O. The third kappa shape index (κ3) is 4.28. The van der Waals surface area contributed by atoms with Crippen LogP contribution in [0.2, 0.25) is 0 Å². The molecule has 4 nitrogen and oxygen atoms in total. The first-order valence-electron chi connectivity index (χ1n) is 5.28. The summed E-state index contributed by atoms with van der Waals surface area (Å²) in [6.45, 7) is 1.42. The summed E-state index contributed by atoms with van der Waals surface area (Å²) >= 11 is 4.28. The molecule has 2 unspecified atom stereocenters. The molecule has 0 amide bonds. The molecule has 2 atom stereocenters. The Hall–Kier alpha value is -0.560. The van der Waals surface area contributed by atoms with Crippen LogP contribution in [0.5, 0.6) is 5.75 Å². The van der Waals surface area contributed by atoms with Crippen LogP contribution < -0.4 is 4.74 Å². The van der Waals surface area contributed by atoms with E-state index in [0.717, 1.165) is 16.2 Å². The zero-order chi connectivity index (χ0) is 13.7. The molecule has 0 fully saturated rings. The summed E-state index contributed by atoms with van der Waals surface area (Å²) < 4.78 is 5.97. The van der Waals surface area contributed by atoms with E-state index >= 15 is 0 Å². The largest absolute Gasteiger partial charge is 0.496 e. The van der Waals surface area contributed by atoms with Gasteiger partial charge in [0.05, 0.1) is 13.2 Å². The number of thioether (sulfide) groups is 1. The van der Waals surface area contributed by atoms with Gasteiger partial charge in [-0.1, -0.05) is 33.8 Å². The van der Waals surface area contributed by atoms with Crippen LogP contribution in [0.1, 0.15) is 18.6 Å². The highest BCUT2D eigenvalue weighted by molar-refractivity contribution is 9.10. The maximum Gasteiger partial charge on any atom is 0.185 e. The van der Waals surface area contributed by atoms with Crippen molar-refractivity contribution in [2.45, 2.75) is 19.1 Å². The minimum absolute atomic E-state index is 0.0935. The van der Waals surface area contributed by atoms with Crippen LogP contribution in [0.4, 0.5) is 0 Å². The zero-order valence-corrected chi connectivity index (χ0v) is 12.5. The molecule has 6 heteroatoms. The predicted octanol–water partition coefficient (Wildman–Crippen LogP) is 2.13. The summed E-state index contributed by atoms with van der Waals surface area (Å²) in [7, 11) is 1.49. The molecule has 0 bridgehead atoms. The van der Waals surface area contributed by atoms with E-state index in [-0.39, 0.29) is 10.9 Å². The highest BCUT2D eigenvalue weighted by Crippen LogP contribution is 2.31. The van der Waals surface area contributed by atoms with Crippen LogP contribution in [-0.2, 0) is 4.79 Å². The van der Waals surface area contributed by atoms with Crippen LogP contribution in [0.3, 0.4) is 0 Å². The summed E-state index contributed by atoms with van der Waals surface area (Å²) in [5.41, 5.74) is 0.498. The van der Waals surface area contributed by atoms with Crippen LogP contribution >= 0.6 is 27.7 Å². The van der Waals surface area contributed by atoms with Gasteiger partial charge in [-0.3, -0.25) is 4.79 Å². The molecule has 1 aromatic rings. The van der Waals surface area contributed by atoms with Crippen LogP contribution in [0.25, 0.3) is 0 Å². The molecule has 100 valence electrons. The van der Waals surface area contributed by atoms with E-state index in [1.807, 2.05) is 0 Å². The first-order valence-corrected chi connectivity index (χ1v) is 7.06. The fourth-order valence-electron chi connectivity index (χ4n) is 1.43. The minimum atomic E-state index is -1.08. The zero-order valence-electron chi connectivity index (χ0n) is 10.1. The number of ether oxygens (including phenoxy) is 1. The Kier molecular flexibility index (Phi) is 6.14. The number of benzene rings is 1. The van der Waals surface area contributed by atoms with Crippen molar-refractivity contribution in [3.05, 3.63) is 28.2 Å². The molecule has 1 aromatic carbocycles. The van der Waals surface area contributed by atoms with Gasteiger partial charge in [0.15, 0.2) is 5.12 Å². The normalized spacial score (nSPS) is 14.1. The molecule has 0 heterocycles. The molecule has 0 aliphatic rings. The summed E-state index contributed by atoms with van der Waals surface area (Å²) in [5.74, 6) is 0.638. The lowest BCUT2D eigenvalue weighted by Crippen LogP contribution is -2.21. The van der Waals surface area contributed by atoms with Crippen molar-refractivity contribution in [2.75, 3.05) is 12.9 Å². The maximum absolute atomic E-state index is 10.8. The van der Waals surface area contributed by atoms with Gasteiger partial charge in [0.2, 0.25) is 0 Å². The fourth-order valence-corrected chi connectivity index (χ4v) is 2.36. The number of hydrogen-bond acceptors (Lipinski definition) is 5. The highest BCUT2D eigenvalue weighted by atomic mass is 79.9. The molecular formula is C12H15BrO4S.